The molecule has 4 heterocycles. The molecule has 0 radical (unpaired) electrons. The number of methoxy groups -OCH3 is 1. The third-order valence-electron chi connectivity index (χ3n) is 5.56. The third-order valence-corrected chi connectivity index (χ3v) is 5.56. The highest BCUT2D eigenvalue weighted by molar-refractivity contribution is 5.99. The Morgan fingerprint density at radius 3 is 3.11 bits per heavy atom. The van der Waals surface area contributed by atoms with Crippen molar-refractivity contribution < 1.29 is 18.7 Å². The van der Waals surface area contributed by atoms with Crippen molar-refractivity contribution in [3.63, 3.8) is 0 Å². The molecule has 0 saturated carbocycles. The molecule has 1 saturated heterocycles. The summed E-state index contributed by atoms with van der Waals surface area (Å²) < 4.78 is 19.0. The Morgan fingerprint density at radius 2 is 2.26 bits per heavy atom. The first-order valence-electron chi connectivity index (χ1n) is 9.03. The predicted octanol–water partition coefficient (Wildman–Crippen LogP) is 2.33. The number of ether oxygens (including phenoxy) is 2. The number of furan rings is 1. The molecular formula is C19H20N4O4. The Balaban J connectivity index is 1.45. The SMILES string of the molecule is COc1ccc2c(C)c(C(=O)N3CC[C@H]4OCc5cnnn5[C@@H]4C3)oc2c1. The second-order valence-electron chi connectivity index (χ2n) is 7.04. The summed E-state index contributed by atoms with van der Waals surface area (Å²) in [4.78, 5) is 15.0. The Morgan fingerprint density at radius 1 is 1.37 bits per heavy atom. The maximum absolute atomic E-state index is 13.2. The molecule has 0 spiro atoms. The highest BCUT2D eigenvalue weighted by Crippen LogP contribution is 2.33. The Bertz CT molecular complexity index is 1020. The van der Waals surface area contributed by atoms with E-state index < -0.39 is 0 Å². The van der Waals surface area contributed by atoms with Gasteiger partial charge in [-0.05, 0) is 25.5 Å². The van der Waals surface area contributed by atoms with E-state index in [2.05, 4.69) is 10.3 Å². The molecule has 140 valence electrons. The zero-order chi connectivity index (χ0) is 18.5. The summed E-state index contributed by atoms with van der Waals surface area (Å²) in [6, 6.07) is 5.59. The number of rotatable bonds is 2. The number of aromatic nitrogens is 3. The number of amides is 1. The fraction of sp³-hybridized carbons (Fsp3) is 0.421. The molecule has 0 unspecified atom stereocenters. The van der Waals surface area contributed by atoms with Gasteiger partial charge in [0.05, 0.1) is 37.8 Å². The number of hydrogen-bond donors (Lipinski definition) is 0. The molecule has 2 aromatic heterocycles. The molecule has 0 aliphatic carbocycles. The molecule has 0 N–H and O–H groups in total. The summed E-state index contributed by atoms with van der Waals surface area (Å²) in [5.41, 5.74) is 2.45. The van der Waals surface area contributed by atoms with Gasteiger partial charge in [0.1, 0.15) is 11.3 Å². The molecule has 2 aliphatic rings. The van der Waals surface area contributed by atoms with Crippen LogP contribution in [0.5, 0.6) is 5.75 Å². The first kappa shape index (κ1) is 16.3. The number of carbonyl (C=O) groups is 1. The van der Waals surface area contributed by atoms with Gasteiger partial charge in [-0.1, -0.05) is 5.21 Å². The van der Waals surface area contributed by atoms with Crippen molar-refractivity contribution in [1.82, 2.24) is 19.9 Å². The molecule has 1 amide bonds. The largest absolute Gasteiger partial charge is 0.497 e. The minimum atomic E-state index is -0.103. The van der Waals surface area contributed by atoms with Crippen LogP contribution >= 0.6 is 0 Å². The zero-order valence-corrected chi connectivity index (χ0v) is 15.2. The van der Waals surface area contributed by atoms with Crippen LogP contribution in [0.3, 0.4) is 0 Å². The highest BCUT2D eigenvalue weighted by Gasteiger charge is 2.39. The average molecular weight is 368 g/mol. The molecule has 3 aromatic rings. The number of benzene rings is 1. The number of likely N-dealkylation sites (tertiary alicyclic amines) is 1. The van der Waals surface area contributed by atoms with Crippen LogP contribution in [0.2, 0.25) is 0 Å². The van der Waals surface area contributed by atoms with Crippen LogP contribution in [0, 0.1) is 6.92 Å². The summed E-state index contributed by atoms with van der Waals surface area (Å²) in [5, 5.41) is 9.10. The summed E-state index contributed by atoms with van der Waals surface area (Å²) in [6.45, 7) is 3.59. The van der Waals surface area contributed by atoms with Crippen LogP contribution in [0.25, 0.3) is 11.0 Å². The van der Waals surface area contributed by atoms with Crippen LogP contribution in [-0.2, 0) is 11.3 Å². The van der Waals surface area contributed by atoms with Crippen molar-refractivity contribution in [3.8, 4) is 5.75 Å². The third kappa shape index (κ3) is 2.51. The minimum Gasteiger partial charge on any atom is -0.497 e. The van der Waals surface area contributed by atoms with E-state index >= 15 is 0 Å². The lowest BCUT2D eigenvalue weighted by Gasteiger charge is -2.40. The van der Waals surface area contributed by atoms with Gasteiger partial charge >= 0.3 is 0 Å². The average Bonchev–Trinajstić information content (AvgIpc) is 3.31. The molecule has 27 heavy (non-hydrogen) atoms. The fourth-order valence-electron chi connectivity index (χ4n) is 4.04. The maximum atomic E-state index is 13.2. The maximum Gasteiger partial charge on any atom is 0.289 e. The fourth-order valence-corrected chi connectivity index (χ4v) is 4.04. The number of aryl methyl sites for hydroxylation is 1. The number of nitrogens with zero attached hydrogens (tertiary/aromatic N) is 4. The standard InChI is InChI=1S/C19H20N4O4/c1-11-14-4-3-13(25-2)7-17(14)27-18(11)19(24)22-6-5-16-15(9-22)23-12(10-26-16)8-20-21-23/h3-4,7-8,15-16H,5-6,9-10H2,1-2H3/t15-,16-/m1/s1. The first-order valence-corrected chi connectivity index (χ1v) is 9.03. The van der Waals surface area contributed by atoms with E-state index in [1.54, 1.807) is 13.3 Å². The molecule has 5 rings (SSSR count). The molecule has 8 nitrogen and oxygen atoms in total. The molecular weight excluding hydrogens is 348 g/mol. The lowest BCUT2D eigenvalue weighted by Crippen LogP contribution is -2.49. The van der Waals surface area contributed by atoms with Crippen molar-refractivity contribution in [3.05, 3.63) is 41.4 Å². The number of hydrogen-bond acceptors (Lipinski definition) is 6. The topological polar surface area (TPSA) is 82.6 Å². The van der Waals surface area contributed by atoms with Gasteiger partial charge in [0.15, 0.2) is 5.76 Å². The lowest BCUT2D eigenvalue weighted by atomic mass is 10.00. The second-order valence-corrected chi connectivity index (χ2v) is 7.04. The summed E-state index contributed by atoms with van der Waals surface area (Å²) in [6.07, 6.45) is 2.54. The van der Waals surface area contributed by atoms with Crippen molar-refractivity contribution in [2.24, 2.45) is 0 Å². The normalized spacial score (nSPS) is 21.8. The number of fused-ring (bicyclic) bond motifs is 4. The second kappa shape index (κ2) is 6.09. The molecule has 8 heteroatoms. The van der Waals surface area contributed by atoms with Crippen LogP contribution < -0.4 is 4.74 Å². The van der Waals surface area contributed by atoms with Crippen LogP contribution in [0.1, 0.15) is 34.3 Å². The van der Waals surface area contributed by atoms with Gasteiger partial charge in [-0.3, -0.25) is 4.79 Å². The van der Waals surface area contributed by atoms with E-state index in [4.69, 9.17) is 13.9 Å². The minimum absolute atomic E-state index is 0.0151. The van der Waals surface area contributed by atoms with Crippen LogP contribution in [0.4, 0.5) is 0 Å². The van der Waals surface area contributed by atoms with Gasteiger partial charge in [-0.2, -0.15) is 0 Å². The molecule has 1 aromatic carbocycles. The first-order chi connectivity index (χ1) is 13.2. The van der Waals surface area contributed by atoms with E-state index in [0.717, 1.165) is 23.1 Å². The highest BCUT2D eigenvalue weighted by atomic mass is 16.5. The van der Waals surface area contributed by atoms with Crippen LogP contribution in [-0.4, -0.2) is 52.1 Å². The molecule has 2 atom stereocenters. The van der Waals surface area contributed by atoms with Gasteiger partial charge in [0.25, 0.3) is 5.91 Å². The van der Waals surface area contributed by atoms with Gasteiger partial charge in [-0.25, -0.2) is 4.68 Å². The van der Waals surface area contributed by atoms with Gasteiger partial charge < -0.3 is 18.8 Å². The van der Waals surface area contributed by atoms with Gasteiger partial charge in [-0.15, -0.1) is 5.10 Å². The van der Waals surface area contributed by atoms with E-state index in [1.807, 2.05) is 34.7 Å². The predicted molar refractivity (Wildman–Crippen MR) is 95.7 cm³/mol. The summed E-state index contributed by atoms with van der Waals surface area (Å²) >= 11 is 0. The Kier molecular flexibility index (Phi) is 3.68. The van der Waals surface area contributed by atoms with E-state index in [9.17, 15) is 4.79 Å². The molecule has 2 aliphatic heterocycles. The van der Waals surface area contributed by atoms with E-state index in [0.29, 0.717) is 36.8 Å². The van der Waals surface area contributed by atoms with Crippen molar-refractivity contribution >= 4 is 16.9 Å². The van der Waals surface area contributed by atoms with Crippen LogP contribution in [0.15, 0.2) is 28.8 Å². The number of carbonyl (C=O) groups excluding carboxylic acids is 1. The quantitative estimate of drug-likeness (QED) is 0.690. The van der Waals surface area contributed by atoms with Gasteiger partial charge in [0, 0.05) is 30.1 Å². The summed E-state index contributed by atoms with van der Waals surface area (Å²) in [5.74, 6) is 0.981. The van der Waals surface area contributed by atoms with E-state index in [1.165, 1.54) is 0 Å². The smallest absolute Gasteiger partial charge is 0.289 e. The van der Waals surface area contributed by atoms with Crippen molar-refractivity contribution in [1.29, 1.82) is 0 Å². The monoisotopic (exact) mass is 368 g/mol. The molecule has 0 bridgehead atoms. The zero-order valence-electron chi connectivity index (χ0n) is 15.2. The van der Waals surface area contributed by atoms with E-state index in [-0.39, 0.29) is 18.1 Å². The Hall–Kier alpha value is -2.87. The summed E-state index contributed by atoms with van der Waals surface area (Å²) in [7, 11) is 1.61. The Labute approximate surface area is 155 Å². The van der Waals surface area contributed by atoms with Crippen molar-refractivity contribution in [2.45, 2.75) is 32.1 Å². The van der Waals surface area contributed by atoms with Gasteiger partial charge in [0.2, 0.25) is 0 Å². The van der Waals surface area contributed by atoms with Crippen molar-refractivity contribution in [2.75, 3.05) is 20.2 Å². The number of piperidine rings is 1. The lowest BCUT2D eigenvalue weighted by molar-refractivity contribution is -0.0608. The molecule has 1 fully saturated rings.